The lowest BCUT2D eigenvalue weighted by Gasteiger charge is -2.28. The summed E-state index contributed by atoms with van der Waals surface area (Å²) in [5, 5.41) is 13.1. The molecule has 1 heterocycles. The molecule has 2 rings (SSSR count). The molecule has 31 heavy (non-hydrogen) atoms. The number of carbonyl (C=O) groups excluding carboxylic acids is 3. The molecule has 6 nitrogen and oxygen atoms in total. The molecule has 0 saturated carbocycles. The zero-order chi connectivity index (χ0) is 23.6. The Morgan fingerprint density at radius 1 is 1.10 bits per heavy atom. The van der Waals surface area contributed by atoms with E-state index in [1.807, 2.05) is 60.6 Å². The Balaban J connectivity index is 2.36. The van der Waals surface area contributed by atoms with Gasteiger partial charge in [0.25, 0.3) is 11.1 Å². The van der Waals surface area contributed by atoms with Crippen molar-refractivity contribution in [3.63, 3.8) is 0 Å². The number of amides is 3. The predicted octanol–water partition coefficient (Wildman–Crippen LogP) is 4.94. The van der Waals surface area contributed by atoms with Gasteiger partial charge in [-0.15, -0.1) is 0 Å². The lowest BCUT2D eigenvalue weighted by molar-refractivity contribution is -0.129. The molecule has 1 saturated heterocycles. The number of nitrogens with zero attached hydrogens (tertiary/aromatic N) is 1. The van der Waals surface area contributed by atoms with Crippen LogP contribution in [0, 0.1) is 0 Å². The monoisotopic (exact) mass is 446 g/mol. The maximum Gasteiger partial charge on any atom is 0.294 e. The molecule has 1 fully saturated rings. The molecule has 1 aromatic carbocycles. The summed E-state index contributed by atoms with van der Waals surface area (Å²) in [6, 6.07) is 3.71. The number of rotatable bonds is 6. The van der Waals surface area contributed by atoms with Crippen LogP contribution in [0.15, 0.2) is 17.0 Å². The van der Waals surface area contributed by atoms with Gasteiger partial charge in [0, 0.05) is 17.7 Å². The maximum absolute atomic E-state index is 12.8. The van der Waals surface area contributed by atoms with E-state index in [4.69, 9.17) is 0 Å². The third-order valence-corrected chi connectivity index (χ3v) is 5.98. The standard InChI is InChI=1S/C24H34N2O4S/c1-8-9-10-25-19(27)14-26-21(29)18(31-22(26)30)13-15-11-16(23(2,3)4)20(28)17(12-15)24(5,6)7/h11-13,28H,8-10,14H2,1-7H3,(H,25,27)/b18-13-. The molecule has 1 aliphatic rings. The highest BCUT2D eigenvalue weighted by molar-refractivity contribution is 8.18. The van der Waals surface area contributed by atoms with Crippen molar-refractivity contribution < 1.29 is 19.5 Å². The Labute approximate surface area is 189 Å². The number of imide groups is 1. The molecule has 0 unspecified atom stereocenters. The highest BCUT2D eigenvalue weighted by Crippen LogP contribution is 2.41. The number of nitrogens with one attached hydrogen (secondary N) is 1. The van der Waals surface area contributed by atoms with E-state index in [-0.39, 0.29) is 33.9 Å². The fraction of sp³-hybridized carbons (Fsp3) is 0.542. The van der Waals surface area contributed by atoms with Crippen molar-refractivity contribution in [1.29, 1.82) is 0 Å². The second-order valence-corrected chi connectivity index (χ2v) is 10.9. The van der Waals surface area contributed by atoms with E-state index in [2.05, 4.69) is 5.32 Å². The molecule has 3 amide bonds. The first kappa shape index (κ1) is 25.0. The van der Waals surface area contributed by atoms with E-state index >= 15 is 0 Å². The number of hydrogen-bond acceptors (Lipinski definition) is 5. The first-order valence-corrected chi connectivity index (χ1v) is 11.5. The molecule has 0 radical (unpaired) electrons. The second kappa shape index (κ2) is 9.47. The van der Waals surface area contributed by atoms with Crippen LogP contribution in [0.3, 0.4) is 0 Å². The molecule has 170 valence electrons. The number of benzene rings is 1. The quantitative estimate of drug-likeness (QED) is 0.477. The number of thioether (sulfide) groups is 1. The number of unbranched alkanes of at least 4 members (excludes halogenated alkanes) is 1. The molecular formula is C24H34N2O4S. The summed E-state index contributed by atoms with van der Waals surface area (Å²) in [7, 11) is 0. The highest BCUT2D eigenvalue weighted by atomic mass is 32.2. The Hall–Kier alpha value is -2.28. The Morgan fingerprint density at radius 2 is 1.65 bits per heavy atom. The highest BCUT2D eigenvalue weighted by Gasteiger charge is 2.36. The van der Waals surface area contributed by atoms with Crippen LogP contribution in [0.25, 0.3) is 6.08 Å². The number of aromatic hydroxyl groups is 1. The van der Waals surface area contributed by atoms with E-state index in [1.54, 1.807) is 6.08 Å². The fourth-order valence-corrected chi connectivity index (χ4v) is 4.11. The predicted molar refractivity (Wildman–Crippen MR) is 126 cm³/mol. The average molecular weight is 447 g/mol. The van der Waals surface area contributed by atoms with Crippen LogP contribution in [0.2, 0.25) is 0 Å². The third kappa shape index (κ3) is 6.12. The van der Waals surface area contributed by atoms with Crippen molar-refractivity contribution in [2.45, 2.75) is 72.1 Å². The third-order valence-electron chi connectivity index (χ3n) is 5.07. The van der Waals surface area contributed by atoms with Crippen molar-refractivity contribution in [3.8, 4) is 5.75 Å². The van der Waals surface area contributed by atoms with Gasteiger partial charge in [0.1, 0.15) is 12.3 Å². The SMILES string of the molecule is CCCCNC(=O)CN1C(=O)S/C(=C\c2cc(C(C)(C)C)c(O)c(C(C)(C)C)c2)C1=O. The van der Waals surface area contributed by atoms with Crippen molar-refractivity contribution in [2.24, 2.45) is 0 Å². The first-order chi connectivity index (χ1) is 14.3. The van der Waals surface area contributed by atoms with Gasteiger partial charge < -0.3 is 10.4 Å². The average Bonchev–Trinajstić information content (AvgIpc) is 2.88. The van der Waals surface area contributed by atoms with Crippen LogP contribution in [0.5, 0.6) is 5.75 Å². The minimum atomic E-state index is -0.469. The van der Waals surface area contributed by atoms with Crippen molar-refractivity contribution in [2.75, 3.05) is 13.1 Å². The lowest BCUT2D eigenvalue weighted by atomic mass is 9.78. The Morgan fingerprint density at radius 3 is 2.13 bits per heavy atom. The number of carbonyl (C=O) groups is 3. The lowest BCUT2D eigenvalue weighted by Crippen LogP contribution is -2.39. The van der Waals surface area contributed by atoms with Crippen molar-refractivity contribution >= 4 is 34.9 Å². The minimum absolute atomic E-state index is 0.258. The Kier molecular flexibility index (Phi) is 7.63. The molecule has 0 aromatic heterocycles. The molecule has 1 aliphatic heterocycles. The van der Waals surface area contributed by atoms with E-state index in [9.17, 15) is 19.5 Å². The summed E-state index contributed by atoms with van der Waals surface area (Å²) in [4.78, 5) is 38.5. The topological polar surface area (TPSA) is 86.7 Å². The number of phenols is 1. The van der Waals surface area contributed by atoms with Gasteiger partial charge in [-0.3, -0.25) is 19.3 Å². The van der Waals surface area contributed by atoms with E-state index in [0.717, 1.165) is 46.2 Å². The van der Waals surface area contributed by atoms with E-state index in [1.165, 1.54) is 0 Å². The summed E-state index contributed by atoms with van der Waals surface area (Å²) < 4.78 is 0. The first-order valence-electron chi connectivity index (χ1n) is 10.7. The summed E-state index contributed by atoms with van der Waals surface area (Å²) in [5.74, 6) is -0.552. The van der Waals surface area contributed by atoms with Crippen LogP contribution in [-0.4, -0.2) is 40.1 Å². The molecule has 1 aromatic rings. The van der Waals surface area contributed by atoms with Crippen LogP contribution < -0.4 is 5.32 Å². The van der Waals surface area contributed by atoms with E-state index < -0.39 is 11.1 Å². The van der Waals surface area contributed by atoms with Gasteiger partial charge in [0.2, 0.25) is 5.91 Å². The van der Waals surface area contributed by atoms with Crippen LogP contribution >= 0.6 is 11.8 Å². The van der Waals surface area contributed by atoms with E-state index in [0.29, 0.717) is 6.54 Å². The van der Waals surface area contributed by atoms with Crippen molar-refractivity contribution in [3.05, 3.63) is 33.7 Å². The number of hydrogen-bond donors (Lipinski definition) is 2. The number of phenolic OH excluding ortho intramolecular Hbond substituents is 1. The van der Waals surface area contributed by atoms with Gasteiger partial charge in [-0.05, 0) is 52.8 Å². The summed E-state index contributed by atoms with van der Waals surface area (Å²) in [6.07, 6.45) is 3.47. The fourth-order valence-electron chi connectivity index (χ4n) is 3.28. The van der Waals surface area contributed by atoms with Gasteiger partial charge >= 0.3 is 0 Å². The maximum atomic E-state index is 12.8. The molecule has 0 bridgehead atoms. The molecule has 2 N–H and O–H groups in total. The molecular weight excluding hydrogens is 412 g/mol. The Bertz CT molecular complexity index is 872. The summed E-state index contributed by atoms with van der Waals surface area (Å²) in [5.41, 5.74) is 1.69. The summed E-state index contributed by atoms with van der Waals surface area (Å²) >= 11 is 0.834. The van der Waals surface area contributed by atoms with Gasteiger partial charge in [0.05, 0.1) is 4.91 Å². The van der Waals surface area contributed by atoms with Crippen LogP contribution in [0.1, 0.15) is 78.0 Å². The van der Waals surface area contributed by atoms with Gasteiger partial charge in [-0.1, -0.05) is 54.9 Å². The van der Waals surface area contributed by atoms with Gasteiger partial charge in [-0.2, -0.15) is 0 Å². The normalized spacial score (nSPS) is 16.4. The largest absolute Gasteiger partial charge is 0.507 e. The zero-order valence-electron chi connectivity index (χ0n) is 19.6. The molecule has 7 heteroatoms. The molecule has 0 aliphatic carbocycles. The second-order valence-electron chi connectivity index (χ2n) is 9.94. The summed E-state index contributed by atoms with van der Waals surface area (Å²) in [6.45, 7) is 14.4. The minimum Gasteiger partial charge on any atom is -0.507 e. The van der Waals surface area contributed by atoms with Gasteiger partial charge in [0.15, 0.2) is 0 Å². The van der Waals surface area contributed by atoms with Crippen LogP contribution in [-0.2, 0) is 20.4 Å². The van der Waals surface area contributed by atoms with Gasteiger partial charge in [-0.25, -0.2) is 0 Å². The smallest absolute Gasteiger partial charge is 0.294 e. The molecule has 0 spiro atoms. The zero-order valence-corrected chi connectivity index (χ0v) is 20.4. The molecule has 0 atom stereocenters. The van der Waals surface area contributed by atoms with Crippen molar-refractivity contribution in [1.82, 2.24) is 10.2 Å². The van der Waals surface area contributed by atoms with Crippen LogP contribution in [0.4, 0.5) is 4.79 Å².